The topological polar surface area (TPSA) is 54.0 Å². The Morgan fingerprint density at radius 1 is 1.10 bits per heavy atom. The van der Waals surface area contributed by atoms with Crippen LogP contribution in [0.5, 0.6) is 11.5 Å². The molecule has 0 spiro atoms. The molecule has 30 heavy (non-hydrogen) atoms. The van der Waals surface area contributed by atoms with E-state index in [0.29, 0.717) is 24.6 Å². The van der Waals surface area contributed by atoms with Crippen LogP contribution < -0.4 is 14.8 Å². The molecule has 164 valence electrons. The lowest BCUT2D eigenvalue weighted by molar-refractivity contribution is 0.0705. The van der Waals surface area contributed by atoms with E-state index in [1.807, 2.05) is 42.1 Å². The number of ether oxygens (including phenoxy) is 2. The van der Waals surface area contributed by atoms with Gasteiger partial charge in [0.2, 0.25) is 0 Å². The van der Waals surface area contributed by atoms with Crippen molar-refractivity contribution in [2.75, 3.05) is 51.4 Å². The Bertz CT molecular complexity index is 770. The Morgan fingerprint density at radius 3 is 2.57 bits per heavy atom. The highest BCUT2D eigenvalue weighted by Crippen LogP contribution is 2.28. The summed E-state index contributed by atoms with van der Waals surface area (Å²) in [6, 6.07) is 12.4. The third-order valence-electron chi connectivity index (χ3n) is 5.06. The summed E-state index contributed by atoms with van der Waals surface area (Å²) in [5, 5.41) is 13.7. The minimum absolute atomic E-state index is 0.209. The number of aliphatic hydroxyl groups is 1. The molecule has 1 aliphatic rings. The lowest BCUT2D eigenvalue weighted by Crippen LogP contribution is -2.40. The van der Waals surface area contributed by atoms with E-state index in [2.05, 4.69) is 10.2 Å². The van der Waals surface area contributed by atoms with Crippen molar-refractivity contribution in [2.45, 2.75) is 19.1 Å². The van der Waals surface area contributed by atoms with Gasteiger partial charge in [0.25, 0.3) is 0 Å². The molecule has 3 rings (SSSR count). The molecule has 1 atom stereocenters. The van der Waals surface area contributed by atoms with Crippen LogP contribution in [0.4, 0.5) is 4.39 Å². The van der Waals surface area contributed by atoms with E-state index in [-0.39, 0.29) is 12.4 Å². The molecule has 0 aliphatic carbocycles. The van der Waals surface area contributed by atoms with Crippen molar-refractivity contribution in [1.29, 1.82) is 0 Å². The summed E-state index contributed by atoms with van der Waals surface area (Å²) in [5.41, 5.74) is 2.19. The predicted octanol–water partition coefficient (Wildman–Crippen LogP) is 2.96. The number of β-amino-alcohol motifs (C(OH)–C–C–N with tert-alkyl or cyclic N) is 1. The van der Waals surface area contributed by atoms with Crippen molar-refractivity contribution in [3.63, 3.8) is 0 Å². The number of nitrogens with zero attached hydrogens (tertiary/aromatic N) is 1. The van der Waals surface area contributed by atoms with Gasteiger partial charge in [-0.1, -0.05) is 18.2 Å². The van der Waals surface area contributed by atoms with Crippen LogP contribution in [0.2, 0.25) is 0 Å². The van der Waals surface area contributed by atoms with Crippen LogP contribution in [-0.2, 0) is 13.0 Å². The first-order chi connectivity index (χ1) is 14.6. The number of methoxy groups -OCH3 is 1. The van der Waals surface area contributed by atoms with E-state index in [1.54, 1.807) is 7.11 Å². The molecule has 2 N–H and O–H groups in total. The first-order valence-corrected chi connectivity index (χ1v) is 11.5. The fourth-order valence-corrected chi connectivity index (χ4v) is 4.36. The van der Waals surface area contributed by atoms with E-state index in [1.165, 1.54) is 12.1 Å². The van der Waals surface area contributed by atoms with Gasteiger partial charge in [-0.25, -0.2) is 4.39 Å². The summed E-state index contributed by atoms with van der Waals surface area (Å²) in [4.78, 5) is 2.28. The van der Waals surface area contributed by atoms with E-state index in [0.717, 1.165) is 48.7 Å². The van der Waals surface area contributed by atoms with Gasteiger partial charge in [-0.05, 0) is 48.4 Å². The molecule has 0 radical (unpaired) electrons. The zero-order chi connectivity index (χ0) is 21.2. The van der Waals surface area contributed by atoms with Crippen molar-refractivity contribution >= 4 is 11.8 Å². The summed E-state index contributed by atoms with van der Waals surface area (Å²) in [6.45, 7) is 4.43. The molecule has 1 fully saturated rings. The first kappa shape index (κ1) is 22.9. The van der Waals surface area contributed by atoms with Gasteiger partial charge in [0.05, 0.1) is 7.11 Å². The molecule has 0 aromatic heterocycles. The van der Waals surface area contributed by atoms with Gasteiger partial charge < -0.3 is 19.9 Å². The Labute approximate surface area is 182 Å². The molecule has 2 aromatic carbocycles. The van der Waals surface area contributed by atoms with Gasteiger partial charge in [-0.2, -0.15) is 11.8 Å². The number of rotatable bonds is 11. The van der Waals surface area contributed by atoms with Crippen LogP contribution in [0.1, 0.15) is 11.1 Å². The van der Waals surface area contributed by atoms with Crippen LogP contribution in [0.25, 0.3) is 0 Å². The van der Waals surface area contributed by atoms with Gasteiger partial charge in [0, 0.05) is 37.7 Å². The summed E-state index contributed by atoms with van der Waals surface area (Å²) in [7, 11) is 1.62. The SMILES string of the molecule is COc1cc(CNCCc2ccc(F)cc2)ccc1OC[C@H](O)CN1CCSCC1. The van der Waals surface area contributed by atoms with Crippen LogP contribution in [0, 0.1) is 5.82 Å². The zero-order valence-corrected chi connectivity index (χ0v) is 18.3. The molecule has 5 nitrogen and oxygen atoms in total. The quantitative estimate of drug-likeness (QED) is 0.531. The minimum atomic E-state index is -0.523. The lowest BCUT2D eigenvalue weighted by atomic mass is 10.1. The van der Waals surface area contributed by atoms with Crippen molar-refractivity contribution < 1.29 is 19.0 Å². The number of nitrogens with one attached hydrogen (secondary N) is 1. The maximum Gasteiger partial charge on any atom is 0.161 e. The highest BCUT2D eigenvalue weighted by molar-refractivity contribution is 7.99. The third kappa shape index (κ3) is 7.47. The lowest BCUT2D eigenvalue weighted by Gasteiger charge is -2.28. The highest BCUT2D eigenvalue weighted by Gasteiger charge is 2.16. The molecule has 1 aliphatic heterocycles. The molecule has 0 saturated carbocycles. The summed E-state index contributed by atoms with van der Waals surface area (Å²) in [6.07, 6.45) is 0.317. The summed E-state index contributed by atoms with van der Waals surface area (Å²) >= 11 is 1.96. The number of aliphatic hydroxyl groups excluding tert-OH is 1. The molecule has 0 amide bonds. The van der Waals surface area contributed by atoms with Crippen LogP contribution in [0.15, 0.2) is 42.5 Å². The summed E-state index contributed by atoms with van der Waals surface area (Å²) < 4.78 is 24.2. The third-order valence-corrected chi connectivity index (χ3v) is 6.01. The number of thioether (sulfide) groups is 1. The maximum atomic E-state index is 13.0. The van der Waals surface area contributed by atoms with Gasteiger partial charge >= 0.3 is 0 Å². The standard InChI is InChI=1S/C23H31FN2O3S/c1-28-23-14-19(15-25-9-8-18-2-5-20(24)6-3-18)4-7-22(23)29-17-21(27)16-26-10-12-30-13-11-26/h2-7,14,21,25,27H,8-13,15-17H2,1H3/t21-/m1/s1. The fraction of sp³-hybridized carbons (Fsp3) is 0.478. The van der Waals surface area contributed by atoms with Crippen molar-refractivity contribution in [2.24, 2.45) is 0 Å². The normalized spacial score (nSPS) is 15.7. The first-order valence-electron chi connectivity index (χ1n) is 10.4. The van der Waals surface area contributed by atoms with E-state index in [4.69, 9.17) is 9.47 Å². The molecule has 1 heterocycles. The summed E-state index contributed by atoms with van der Waals surface area (Å²) in [5.74, 6) is 3.34. The highest BCUT2D eigenvalue weighted by atomic mass is 32.2. The molecular weight excluding hydrogens is 403 g/mol. The smallest absolute Gasteiger partial charge is 0.161 e. The second kappa shape index (κ2) is 12.2. The van der Waals surface area contributed by atoms with Gasteiger partial charge in [-0.3, -0.25) is 4.90 Å². The molecule has 1 saturated heterocycles. The van der Waals surface area contributed by atoms with Gasteiger partial charge in [0.1, 0.15) is 18.5 Å². The monoisotopic (exact) mass is 434 g/mol. The second-order valence-electron chi connectivity index (χ2n) is 7.42. The molecule has 7 heteroatoms. The molecule has 0 bridgehead atoms. The largest absolute Gasteiger partial charge is 0.493 e. The van der Waals surface area contributed by atoms with Gasteiger partial charge in [-0.15, -0.1) is 0 Å². The van der Waals surface area contributed by atoms with E-state index < -0.39 is 6.10 Å². The Kier molecular flexibility index (Phi) is 9.27. The van der Waals surface area contributed by atoms with Crippen molar-refractivity contribution in [1.82, 2.24) is 10.2 Å². The molecular formula is C23H31FN2O3S. The molecule has 2 aromatic rings. The Balaban J connectivity index is 1.42. The van der Waals surface area contributed by atoms with Crippen molar-refractivity contribution in [3.05, 3.63) is 59.4 Å². The van der Waals surface area contributed by atoms with Crippen LogP contribution in [0.3, 0.4) is 0 Å². The predicted molar refractivity (Wildman–Crippen MR) is 120 cm³/mol. The Hall–Kier alpha value is -1.80. The Morgan fingerprint density at radius 2 is 1.83 bits per heavy atom. The number of hydrogen-bond donors (Lipinski definition) is 2. The number of benzene rings is 2. The maximum absolute atomic E-state index is 13.0. The molecule has 0 unspecified atom stereocenters. The fourth-order valence-electron chi connectivity index (χ4n) is 3.38. The minimum Gasteiger partial charge on any atom is -0.493 e. The zero-order valence-electron chi connectivity index (χ0n) is 17.5. The van der Waals surface area contributed by atoms with Crippen molar-refractivity contribution in [3.8, 4) is 11.5 Å². The second-order valence-corrected chi connectivity index (χ2v) is 8.64. The average Bonchev–Trinajstić information content (AvgIpc) is 2.77. The van der Waals surface area contributed by atoms with Gasteiger partial charge in [0.15, 0.2) is 11.5 Å². The average molecular weight is 435 g/mol. The van der Waals surface area contributed by atoms with Crippen LogP contribution >= 0.6 is 11.8 Å². The van der Waals surface area contributed by atoms with E-state index >= 15 is 0 Å². The van der Waals surface area contributed by atoms with E-state index in [9.17, 15) is 9.50 Å². The number of halogens is 1. The number of hydrogen-bond acceptors (Lipinski definition) is 6. The van der Waals surface area contributed by atoms with Crippen LogP contribution in [-0.4, -0.2) is 67.5 Å².